The summed E-state index contributed by atoms with van der Waals surface area (Å²) in [4.78, 5) is 28.2. The summed E-state index contributed by atoms with van der Waals surface area (Å²) in [6.07, 6.45) is 0. The maximum atomic E-state index is 13.3. The number of rotatable bonds is 3. The van der Waals surface area contributed by atoms with E-state index in [9.17, 15) is 18.4 Å². The Morgan fingerprint density at radius 1 is 1.08 bits per heavy atom. The van der Waals surface area contributed by atoms with Gasteiger partial charge < -0.3 is 15.1 Å². The molecule has 0 aromatic heterocycles. The Hall–Kier alpha value is -1.73. The zero-order valence-electron chi connectivity index (χ0n) is 14.0. The molecule has 2 heterocycles. The molecule has 2 aliphatic rings. The summed E-state index contributed by atoms with van der Waals surface area (Å²) < 4.78 is 26.2. The summed E-state index contributed by atoms with van der Waals surface area (Å²) in [6.45, 7) is 5.45. The number of nitrogens with zero attached hydrogens (tertiary/aromatic N) is 2. The molecule has 0 aliphatic carbocycles. The highest BCUT2D eigenvalue weighted by Gasteiger charge is 2.33. The monoisotopic (exact) mass is 373 g/mol. The van der Waals surface area contributed by atoms with E-state index in [-0.39, 0.29) is 35.7 Å². The highest BCUT2D eigenvalue weighted by molar-refractivity contribution is 5.94. The molecule has 1 aromatic rings. The number of nitrogens with one attached hydrogen (secondary N) is 1. The van der Waals surface area contributed by atoms with Crippen LogP contribution < -0.4 is 5.32 Å². The minimum absolute atomic E-state index is 0. The third kappa shape index (κ3) is 4.10. The number of hydrogen-bond donors (Lipinski definition) is 1. The van der Waals surface area contributed by atoms with Crippen molar-refractivity contribution < 1.29 is 18.4 Å². The first-order chi connectivity index (χ1) is 11.5. The van der Waals surface area contributed by atoms with Gasteiger partial charge in [-0.3, -0.25) is 9.59 Å². The third-order valence-corrected chi connectivity index (χ3v) is 4.95. The van der Waals surface area contributed by atoms with Crippen molar-refractivity contribution in [2.75, 3.05) is 39.3 Å². The summed E-state index contributed by atoms with van der Waals surface area (Å²) in [7, 11) is 0. The molecular weight excluding hydrogens is 352 g/mol. The molecule has 8 heteroatoms. The zero-order valence-corrected chi connectivity index (χ0v) is 14.8. The van der Waals surface area contributed by atoms with Crippen molar-refractivity contribution in [3.8, 4) is 0 Å². The highest BCUT2D eigenvalue weighted by atomic mass is 35.5. The van der Waals surface area contributed by atoms with Crippen molar-refractivity contribution in [1.29, 1.82) is 0 Å². The highest BCUT2D eigenvalue weighted by Crippen LogP contribution is 2.20. The molecule has 2 fully saturated rings. The molecule has 3 rings (SSSR count). The molecule has 1 atom stereocenters. The molecule has 2 aliphatic heterocycles. The van der Waals surface area contributed by atoms with Crippen molar-refractivity contribution in [3.05, 3.63) is 35.4 Å². The second-order valence-electron chi connectivity index (χ2n) is 6.45. The fourth-order valence-corrected chi connectivity index (χ4v) is 3.10. The molecule has 1 N–H and O–H groups in total. The molecule has 2 amide bonds. The van der Waals surface area contributed by atoms with Crippen LogP contribution in [0.2, 0.25) is 0 Å². The Morgan fingerprint density at radius 3 is 2.20 bits per heavy atom. The van der Waals surface area contributed by atoms with Crippen LogP contribution in [0, 0.1) is 23.5 Å². The Kier molecular flexibility index (Phi) is 6.35. The number of piperazine rings is 1. The Morgan fingerprint density at radius 2 is 1.68 bits per heavy atom. The largest absolute Gasteiger partial charge is 0.339 e. The van der Waals surface area contributed by atoms with Crippen LogP contribution in [0.5, 0.6) is 0 Å². The van der Waals surface area contributed by atoms with E-state index in [0.29, 0.717) is 32.1 Å². The van der Waals surface area contributed by atoms with E-state index in [2.05, 4.69) is 5.32 Å². The van der Waals surface area contributed by atoms with Gasteiger partial charge in [-0.1, -0.05) is 6.92 Å². The van der Waals surface area contributed by atoms with Gasteiger partial charge >= 0.3 is 0 Å². The Bertz CT molecular complexity index is 647. The first-order valence-electron chi connectivity index (χ1n) is 8.21. The van der Waals surface area contributed by atoms with Gasteiger partial charge in [-0.2, -0.15) is 0 Å². The molecular formula is C17H22ClF2N3O2. The molecule has 0 radical (unpaired) electrons. The van der Waals surface area contributed by atoms with Gasteiger partial charge in [-0.25, -0.2) is 8.78 Å². The van der Waals surface area contributed by atoms with Crippen molar-refractivity contribution in [1.82, 2.24) is 15.1 Å². The first-order valence-corrected chi connectivity index (χ1v) is 8.21. The predicted molar refractivity (Wildman–Crippen MR) is 91.6 cm³/mol. The summed E-state index contributed by atoms with van der Waals surface area (Å²) in [5.74, 6) is -1.84. The quantitative estimate of drug-likeness (QED) is 0.874. The van der Waals surface area contributed by atoms with Gasteiger partial charge in [-0.05, 0) is 37.2 Å². The first kappa shape index (κ1) is 19.6. The molecule has 0 saturated carbocycles. The van der Waals surface area contributed by atoms with Crippen molar-refractivity contribution in [2.45, 2.75) is 6.92 Å². The average molecular weight is 374 g/mol. The van der Waals surface area contributed by atoms with Crippen LogP contribution in [0.3, 0.4) is 0 Å². The fraction of sp³-hybridized carbons (Fsp3) is 0.529. The Labute approximate surface area is 151 Å². The lowest BCUT2D eigenvalue weighted by molar-refractivity contribution is -0.138. The summed E-state index contributed by atoms with van der Waals surface area (Å²) in [5.41, 5.74) is 0.127. The predicted octanol–water partition coefficient (Wildman–Crippen LogP) is 1.53. The average Bonchev–Trinajstić information content (AvgIpc) is 2.54. The van der Waals surface area contributed by atoms with Crippen molar-refractivity contribution in [3.63, 3.8) is 0 Å². The topological polar surface area (TPSA) is 52.7 Å². The SMILES string of the molecule is CC(C(=O)N1CCN(C(=O)c2ccc(F)c(F)c2)CC1)C1CNC1.Cl. The van der Waals surface area contributed by atoms with Crippen molar-refractivity contribution >= 4 is 24.2 Å². The maximum absolute atomic E-state index is 13.3. The van der Waals surface area contributed by atoms with Gasteiger partial charge in [-0.15, -0.1) is 12.4 Å². The lowest BCUT2D eigenvalue weighted by atomic mass is 9.88. The minimum Gasteiger partial charge on any atom is -0.339 e. The summed E-state index contributed by atoms with van der Waals surface area (Å²) in [6, 6.07) is 3.15. The smallest absolute Gasteiger partial charge is 0.254 e. The van der Waals surface area contributed by atoms with Gasteiger partial charge in [0.1, 0.15) is 0 Å². The maximum Gasteiger partial charge on any atom is 0.254 e. The van der Waals surface area contributed by atoms with E-state index in [1.165, 1.54) is 6.07 Å². The van der Waals surface area contributed by atoms with E-state index in [1.54, 1.807) is 9.80 Å². The number of halogens is 3. The lowest BCUT2D eigenvalue weighted by Crippen LogP contribution is -2.55. The fourth-order valence-electron chi connectivity index (χ4n) is 3.10. The third-order valence-electron chi connectivity index (χ3n) is 4.95. The van der Waals surface area contributed by atoms with E-state index in [4.69, 9.17) is 0 Å². The van der Waals surface area contributed by atoms with Gasteiger partial charge in [0.25, 0.3) is 5.91 Å². The molecule has 138 valence electrons. The second kappa shape index (κ2) is 8.10. The lowest BCUT2D eigenvalue weighted by Gasteiger charge is -2.39. The van der Waals surface area contributed by atoms with Gasteiger partial charge in [0.2, 0.25) is 5.91 Å². The van der Waals surface area contributed by atoms with Crippen LogP contribution in [-0.4, -0.2) is 60.9 Å². The van der Waals surface area contributed by atoms with Crippen LogP contribution in [0.1, 0.15) is 17.3 Å². The van der Waals surface area contributed by atoms with Gasteiger partial charge in [0.15, 0.2) is 11.6 Å². The zero-order chi connectivity index (χ0) is 17.3. The molecule has 1 unspecified atom stereocenters. The van der Waals surface area contributed by atoms with E-state index >= 15 is 0 Å². The molecule has 25 heavy (non-hydrogen) atoms. The van der Waals surface area contributed by atoms with E-state index < -0.39 is 11.6 Å². The van der Waals surface area contributed by atoms with E-state index in [0.717, 1.165) is 25.2 Å². The summed E-state index contributed by atoms with van der Waals surface area (Å²) in [5, 5.41) is 3.17. The Balaban J connectivity index is 0.00000225. The van der Waals surface area contributed by atoms with Crippen LogP contribution >= 0.6 is 12.4 Å². The number of carbonyl (C=O) groups is 2. The number of carbonyl (C=O) groups excluding carboxylic acids is 2. The van der Waals surface area contributed by atoms with Crippen LogP contribution in [0.25, 0.3) is 0 Å². The standard InChI is InChI=1S/C17H21F2N3O2.ClH/c1-11(13-9-20-10-13)16(23)21-4-6-22(7-5-21)17(24)12-2-3-14(18)15(19)8-12;/h2-3,8,11,13,20H,4-7,9-10H2,1H3;1H. The molecule has 0 spiro atoms. The van der Waals surface area contributed by atoms with Gasteiger partial charge in [0.05, 0.1) is 0 Å². The number of amides is 2. The molecule has 1 aromatic carbocycles. The van der Waals surface area contributed by atoms with Crippen LogP contribution in [0.15, 0.2) is 18.2 Å². The van der Waals surface area contributed by atoms with Gasteiger partial charge in [0, 0.05) is 37.7 Å². The molecule has 2 saturated heterocycles. The number of hydrogen-bond acceptors (Lipinski definition) is 3. The van der Waals surface area contributed by atoms with Crippen LogP contribution in [-0.2, 0) is 4.79 Å². The van der Waals surface area contributed by atoms with Crippen LogP contribution in [0.4, 0.5) is 8.78 Å². The van der Waals surface area contributed by atoms with Crippen molar-refractivity contribution in [2.24, 2.45) is 11.8 Å². The minimum atomic E-state index is -1.03. The second-order valence-corrected chi connectivity index (χ2v) is 6.45. The number of benzene rings is 1. The normalized spacial score (nSPS) is 19.0. The molecule has 5 nitrogen and oxygen atoms in total. The summed E-state index contributed by atoms with van der Waals surface area (Å²) >= 11 is 0. The van der Waals surface area contributed by atoms with E-state index in [1.807, 2.05) is 6.92 Å². The molecule has 0 bridgehead atoms.